The first-order valence-corrected chi connectivity index (χ1v) is 11.2. The molecule has 1 aliphatic carbocycles. The van der Waals surface area contributed by atoms with E-state index in [2.05, 4.69) is 32.8 Å². The van der Waals surface area contributed by atoms with E-state index in [-0.39, 0.29) is 5.91 Å². The van der Waals surface area contributed by atoms with Gasteiger partial charge in [0.25, 0.3) is 5.91 Å². The van der Waals surface area contributed by atoms with E-state index in [9.17, 15) is 18.0 Å². The Balaban J connectivity index is 0.000000454. The lowest BCUT2D eigenvalue weighted by molar-refractivity contribution is -0.192. The summed E-state index contributed by atoms with van der Waals surface area (Å²) in [5, 5.41) is 10.2. The highest BCUT2D eigenvalue weighted by Gasteiger charge is 2.38. The summed E-state index contributed by atoms with van der Waals surface area (Å²) in [5.41, 5.74) is 5.65. The fraction of sp³-hybridized carbons (Fsp3) is 0.360. The van der Waals surface area contributed by atoms with Crippen LogP contribution in [0.5, 0.6) is 0 Å². The van der Waals surface area contributed by atoms with E-state index in [4.69, 9.17) is 9.90 Å². The highest BCUT2D eigenvalue weighted by Crippen LogP contribution is 2.33. The van der Waals surface area contributed by atoms with E-state index >= 15 is 0 Å². The van der Waals surface area contributed by atoms with Gasteiger partial charge in [0.15, 0.2) is 0 Å². The number of hydrogen-bond acceptors (Lipinski definition) is 5. The molecular weight excluding hydrogens is 475 g/mol. The molecule has 3 aromatic rings. The number of aryl methyl sites for hydroxylation is 1. The smallest absolute Gasteiger partial charge is 0.475 e. The quantitative estimate of drug-likeness (QED) is 0.495. The predicted octanol–water partition coefficient (Wildman–Crippen LogP) is 4.92. The SMILES string of the molecule is Cc1cccc(NC(=O)c2cc(-c3cnc(N(C)C)nc3)cn2CC2CC2)c1C.O=C(O)C(F)(F)F. The maximum absolute atomic E-state index is 13.1. The molecule has 36 heavy (non-hydrogen) atoms. The minimum Gasteiger partial charge on any atom is -0.475 e. The Labute approximate surface area is 206 Å². The number of carboxylic acids is 1. The Kier molecular flexibility index (Phi) is 8.01. The first-order chi connectivity index (χ1) is 16.9. The van der Waals surface area contributed by atoms with Crippen LogP contribution in [-0.4, -0.2) is 51.8 Å². The van der Waals surface area contributed by atoms with E-state index < -0.39 is 12.1 Å². The van der Waals surface area contributed by atoms with E-state index in [0.717, 1.165) is 34.5 Å². The van der Waals surface area contributed by atoms with Gasteiger partial charge in [0, 0.05) is 56.0 Å². The van der Waals surface area contributed by atoms with Gasteiger partial charge in [0.1, 0.15) is 5.69 Å². The highest BCUT2D eigenvalue weighted by molar-refractivity contribution is 6.04. The van der Waals surface area contributed by atoms with Crippen LogP contribution >= 0.6 is 0 Å². The zero-order chi connectivity index (χ0) is 26.6. The molecule has 2 aromatic heterocycles. The molecule has 11 heteroatoms. The maximum atomic E-state index is 13.1. The lowest BCUT2D eigenvalue weighted by Crippen LogP contribution is -2.21. The summed E-state index contributed by atoms with van der Waals surface area (Å²) in [6.07, 6.45) is 3.04. The van der Waals surface area contributed by atoms with Crippen LogP contribution in [0.15, 0.2) is 42.9 Å². The molecule has 0 saturated heterocycles. The van der Waals surface area contributed by atoms with Crippen LogP contribution in [0.3, 0.4) is 0 Å². The molecule has 0 radical (unpaired) electrons. The number of carbonyl (C=O) groups is 2. The number of hydrogen-bond donors (Lipinski definition) is 2. The molecule has 0 atom stereocenters. The highest BCUT2D eigenvalue weighted by atomic mass is 19.4. The molecule has 1 fully saturated rings. The summed E-state index contributed by atoms with van der Waals surface area (Å²) in [5.74, 6) is -1.52. The van der Waals surface area contributed by atoms with Crippen molar-refractivity contribution >= 4 is 23.5 Å². The minimum atomic E-state index is -5.08. The van der Waals surface area contributed by atoms with Gasteiger partial charge in [0.2, 0.25) is 5.95 Å². The summed E-state index contributed by atoms with van der Waals surface area (Å²) >= 11 is 0. The van der Waals surface area contributed by atoms with Gasteiger partial charge in [-0.2, -0.15) is 13.2 Å². The molecule has 192 valence electrons. The van der Waals surface area contributed by atoms with Crippen molar-refractivity contribution in [2.24, 2.45) is 5.92 Å². The average molecular weight is 504 g/mol. The number of anilines is 2. The number of rotatable bonds is 6. The summed E-state index contributed by atoms with van der Waals surface area (Å²) in [6.45, 7) is 4.95. The number of carboxylic acid groups (broad SMARTS) is 1. The molecule has 0 aliphatic heterocycles. The fourth-order valence-electron chi connectivity index (χ4n) is 3.36. The lowest BCUT2D eigenvalue weighted by atomic mass is 10.1. The van der Waals surface area contributed by atoms with Gasteiger partial charge in [-0.15, -0.1) is 0 Å². The Morgan fingerprint density at radius 1 is 1.14 bits per heavy atom. The van der Waals surface area contributed by atoms with Crippen LogP contribution in [0.4, 0.5) is 24.8 Å². The number of carbonyl (C=O) groups excluding carboxylic acids is 1. The number of benzene rings is 1. The standard InChI is InChI=1S/C23H27N5O.C2HF3O2/c1-15-6-5-7-20(16(15)2)26-22(29)21-10-18(14-28(21)13-17-8-9-17)19-11-24-23(25-12-19)27(3)4;3-2(4,5)1(6)7/h5-7,10-12,14,17H,8-9,13H2,1-4H3,(H,26,29);(H,6,7). The topological polar surface area (TPSA) is 100 Å². The molecule has 1 saturated carbocycles. The first-order valence-electron chi connectivity index (χ1n) is 11.2. The summed E-state index contributed by atoms with van der Waals surface area (Å²) in [6, 6.07) is 7.91. The second-order valence-electron chi connectivity index (χ2n) is 8.88. The Hall–Kier alpha value is -3.89. The molecule has 0 bridgehead atoms. The molecule has 0 unspecified atom stereocenters. The first kappa shape index (κ1) is 26.7. The monoisotopic (exact) mass is 503 g/mol. The molecule has 8 nitrogen and oxygen atoms in total. The third-order valence-electron chi connectivity index (χ3n) is 5.75. The van der Waals surface area contributed by atoms with Gasteiger partial charge in [-0.3, -0.25) is 4.79 Å². The summed E-state index contributed by atoms with van der Waals surface area (Å²) in [4.78, 5) is 32.7. The van der Waals surface area contributed by atoms with E-state index in [1.165, 1.54) is 12.8 Å². The van der Waals surface area contributed by atoms with Crippen molar-refractivity contribution in [3.8, 4) is 11.1 Å². The van der Waals surface area contributed by atoms with Crippen molar-refractivity contribution in [3.63, 3.8) is 0 Å². The molecule has 2 heterocycles. The third kappa shape index (κ3) is 6.83. The number of halogens is 3. The van der Waals surface area contributed by atoms with Gasteiger partial charge >= 0.3 is 12.1 Å². The van der Waals surface area contributed by atoms with Crippen molar-refractivity contribution in [1.82, 2.24) is 14.5 Å². The molecule has 2 N–H and O–H groups in total. The van der Waals surface area contributed by atoms with Crippen molar-refractivity contribution in [2.45, 2.75) is 39.4 Å². The summed E-state index contributed by atoms with van der Waals surface area (Å²) < 4.78 is 33.8. The second-order valence-corrected chi connectivity index (χ2v) is 8.88. The molecule has 1 aliphatic rings. The van der Waals surface area contributed by atoms with Crippen LogP contribution in [0.2, 0.25) is 0 Å². The fourth-order valence-corrected chi connectivity index (χ4v) is 3.36. The minimum absolute atomic E-state index is 0.0866. The number of alkyl halides is 3. The summed E-state index contributed by atoms with van der Waals surface area (Å²) in [7, 11) is 3.83. The molecule has 4 rings (SSSR count). The van der Waals surface area contributed by atoms with Gasteiger partial charge in [-0.25, -0.2) is 14.8 Å². The Bertz CT molecular complexity index is 1230. The van der Waals surface area contributed by atoms with Crippen molar-refractivity contribution in [3.05, 3.63) is 59.7 Å². The zero-order valence-electron chi connectivity index (χ0n) is 20.4. The van der Waals surface area contributed by atoms with Crippen LogP contribution in [0, 0.1) is 19.8 Å². The number of amides is 1. The van der Waals surface area contributed by atoms with Crippen molar-refractivity contribution in [1.29, 1.82) is 0 Å². The molecule has 1 aromatic carbocycles. The number of aliphatic carboxylic acids is 1. The van der Waals surface area contributed by atoms with Gasteiger partial charge in [0.05, 0.1) is 0 Å². The maximum Gasteiger partial charge on any atom is 0.490 e. The van der Waals surface area contributed by atoms with Crippen molar-refractivity contribution in [2.75, 3.05) is 24.3 Å². The lowest BCUT2D eigenvalue weighted by Gasteiger charge is -2.12. The normalized spacial score (nSPS) is 13.0. The Morgan fingerprint density at radius 2 is 1.75 bits per heavy atom. The van der Waals surface area contributed by atoms with Crippen LogP contribution in [0.25, 0.3) is 11.1 Å². The largest absolute Gasteiger partial charge is 0.490 e. The zero-order valence-corrected chi connectivity index (χ0v) is 20.4. The number of nitrogens with zero attached hydrogens (tertiary/aromatic N) is 4. The van der Waals surface area contributed by atoms with E-state index in [1.807, 2.05) is 62.7 Å². The van der Waals surface area contributed by atoms with Crippen molar-refractivity contribution < 1.29 is 27.9 Å². The molecule has 0 spiro atoms. The predicted molar refractivity (Wildman–Crippen MR) is 130 cm³/mol. The second kappa shape index (κ2) is 10.8. The van der Waals surface area contributed by atoms with Gasteiger partial charge < -0.3 is 19.9 Å². The van der Waals surface area contributed by atoms with E-state index in [0.29, 0.717) is 17.6 Å². The van der Waals surface area contributed by atoms with Gasteiger partial charge in [-0.05, 0) is 55.9 Å². The Morgan fingerprint density at radius 3 is 2.28 bits per heavy atom. The number of nitrogens with one attached hydrogen (secondary N) is 1. The van der Waals surface area contributed by atoms with E-state index in [1.54, 1.807) is 0 Å². The van der Waals surface area contributed by atoms with Crippen LogP contribution in [0.1, 0.15) is 34.5 Å². The third-order valence-corrected chi connectivity index (χ3v) is 5.75. The number of aromatic nitrogens is 3. The molecule has 1 amide bonds. The van der Waals surface area contributed by atoms with Crippen LogP contribution < -0.4 is 10.2 Å². The molecular formula is C25H28F3N5O3. The van der Waals surface area contributed by atoms with Crippen LogP contribution in [-0.2, 0) is 11.3 Å². The average Bonchev–Trinajstić information content (AvgIpc) is 3.53. The van der Waals surface area contributed by atoms with Gasteiger partial charge in [-0.1, -0.05) is 12.1 Å².